The van der Waals surface area contributed by atoms with E-state index in [9.17, 15) is 19.2 Å². The molecule has 9 aromatic rings. The normalized spacial score (nSPS) is 11.8. The molecule has 9 rings (SSSR count). The molecule has 0 saturated carbocycles. The fourth-order valence-electron chi connectivity index (χ4n) is 9.09. The van der Waals surface area contributed by atoms with Crippen LogP contribution in [0.15, 0.2) is 194 Å². The first-order chi connectivity index (χ1) is 33.0. The Hall–Kier alpha value is -8.62. The Morgan fingerprint density at radius 1 is 0.362 bits per heavy atom. The SMILES string of the molecule is C.CC(=O)Nc1c(-c2cccc3cccc(-c4ccc(C(=O)NC(C)c5ccccc5)cc4)c23)ccc(-c2cccc3cccc(-c4ccc(C(=O)N[C@H](C)c5ccccc5)cc4)c23)c1NC(C)=O. The van der Waals surface area contributed by atoms with E-state index in [2.05, 4.69) is 57.7 Å². The smallest absolute Gasteiger partial charge is 0.251 e. The van der Waals surface area contributed by atoms with Gasteiger partial charge < -0.3 is 21.3 Å². The highest BCUT2D eigenvalue weighted by atomic mass is 16.2. The molecule has 0 aromatic heterocycles. The molecule has 0 aliphatic heterocycles. The first-order valence-corrected chi connectivity index (χ1v) is 22.7. The zero-order chi connectivity index (χ0) is 47.3. The van der Waals surface area contributed by atoms with Crippen molar-refractivity contribution in [3.8, 4) is 44.5 Å². The number of carbonyl (C=O) groups is 4. The van der Waals surface area contributed by atoms with Crippen molar-refractivity contribution in [3.63, 3.8) is 0 Å². The van der Waals surface area contributed by atoms with Gasteiger partial charge in [0.2, 0.25) is 11.8 Å². The third kappa shape index (κ3) is 9.92. The van der Waals surface area contributed by atoms with Gasteiger partial charge in [-0.3, -0.25) is 19.2 Å². The first kappa shape index (κ1) is 46.9. The van der Waals surface area contributed by atoms with E-state index in [1.54, 1.807) is 0 Å². The van der Waals surface area contributed by atoms with Gasteiger partial charge in [0.1, 0.15) is 0 Å². The molecule has 0 fully saturated rings. The van der Waals surface area contributed by atoms with Crippen molar-refractivity contribution in [2.24, 2.45) is 0 Å². The second kappa shape index (κ2) is 20.5. The second-order valence-electron chi connectivity index (χ2n) is 17.1. The Balaban J connectivity index is 0.00000642. The Kier molecular flexibility index (Phi) is 13.9. The lowest BCUT2D eigenvalue weighted by atomic mass is 9.87. The largest absolute Gasteiger partial charge is 0.346 e. The van der Waals surface area contributed by atoms with Gasteiger partial charge >= 0.3 is 0 Å². The van der Waals surface area contributed by atoms with E-state index in [-0.39, 0.29) is 43.1 Å². The molecule has 0 aliphatic rings. The summed E-state index contributed by atoms with van der Waals surface area (Å²) in [4.78, 5) is 53.2. The first-order valence-electron chi connectivity index (χ1n) is 22.7. The van der Waals surface area contributed by atoms with Crippen molar-refractivity contribution in [1.29, 1.82) is 0 Å². The highest BCUT2D eigenvalue weighted by Gasteiger charge is 2.23. The summed E-state index contributed by atoms with van der Waals surface area (Å²) in [5.41, 5.74) is 10.9. The van der Waals surface area contributed by atoms with Gasteiger partial charge in [-0.1, -0.05) is 177 Å². The Labute approximate surface area is 403 Å². The standard InChI is InChI=1S/C60H50N4O4.CH4/c1-37(41-15-7-5-8-16-41)61-59(67)47-31-27-43(28-32-47)49-23-11-19-45-21-13-25-51(55(45)49)53-35-36-54(58(64-40(4)66)57(53)63-39(3)65)52-26-14-22-46-20-12-24-50(56(46)52)44-29-33-48(34-30-44)60(68)62-38(2)42-17-9-6-10-18-42;/h5-38H,1-4H3,(H,61,67)(H,62,68)(H,63,65)(H,64,66);1H4/t37-,38?;/m1./s1. The number of hydrogen-bond donors (Lipinski definition) is 4. The van der Waals surface area contributed by atoms with Crippen LogP contribution in [0.2, 0.25) is 0 Å². The number of rotatable bonds is 12. The van der Waals surface area contributed by atoms with Crippen LogP contribution in [0.25, 0.3) is 66.1 Å². The summed E-state index contributed by atoms with van der Waals surface area (Å²) in [6.45, 7) is 6.86. The van der Waals surface area contributed by atoms with Gasteiger partial charge in [0.15, 0.2) is 0 Å². The number of anilines is 2. The van der Waals surface area contributed by atoms with Crippen LogP contribution in [-0.4, -0.2) is 23.6 Å². The van der Waals surface area contributed by atoms with Crippen LogP contribution in [0, 0.1) is 0 Å². The molecule has 4 N–H and O–H groups in total. The summed E-state index contributed by atoms with van der Waals surface area (Å²) in [6.07, 6.45) is 0. The molecular formula is C61H54N4O4. The summed E-state index contributed by atoms with van der Waals surface area (Å²) in [5.74, 6) is -0.928. The highest BCUT2D eigenvalue weighted by molar-refractivity contribution is 6.16. The lowest BCUT2D eigenvalue weighted by Crippen LogP contribution is -2.26. The summed E-state index contributed by atoms with van der Waals surface area (Å²) in [5, 5.41) is 16.3. The van der Waals surface area contributed by atoms with Crippen LogP contribution in [0.4, 0.5) is 11.4 Å². The zero-order valence-corrected chi connectivity index (χ0v) is 38.3. The summed E-state index contributed by atoms with van der Waals surface area (Å²) < 4.78 is 0. The fourth-order valence-corrected chi connectivity index (χ4v) is 9.09. The minimum absolute atomic E-state index is 0. The quantitative estimate of drug-likeness (QED) is 0.0977. The van der Waals surface area contributed by atoms with E-state index in [0.717, 1.165) is 66.1 Å². The van der Waals surface area contributed by atoms with Gasteiger partial charge in [0, 0.05) is 36.1 Å². The monoisotopic (exact) mass is 906 g/mol. The van der Waals surface area contributed by atoms with E-state index in [1.165, 1.54) is 13.8 Å². The number of nitrogens with one attached hydrogen (secondary N) is 4. The van der Waals surface area contributed by atoms with Gasteiger partial charge in [-0.15, -0.1) is 0 Å². The minimum Gasteiger partial charge on any atom is -0.346 e. The molecule has 342 valence electrons. The lowest BCUT2D eigenvalue weighted by Gasteiger charge is -2.22. The summed E-state index contributed by atoms with van der Waals surface area (Å²) in [6, 6.07) is 63.0. The number of amides is 4. The van der Waals surface area contributed by atoms with Crippen molar-refractivity contribution in [2.75, 3.05) is 10.6 Å². The fraction of sp³-hybridized carbons (Fsp3) is 0.115. The second-order valence-corrected chi connectivity index (χ2v) is 17.1. The third-order valence-corrected chi connectivity index (χ3v) is 12.4. The van der Waals surface area contributed by atoms with Crippen molar-refractivity contribution < 1.29 is 19.2 Å². The summed E-state index contributed by atoms with van der Waals surface area (Å²) in [7, 11) is 0. The maximum atomic E-state index is 13.4. The van der Waals surface area contributed by atoms with E-state index < -0.39 is 0 Å². The van der Waals surface area contributed by atoms with Crippen molar-refractivity contribution in [2.45, 2.75) is 47.2 Å². The predicted octanol–water partition coefficient (Wildman–Crippen LogP) is 14.2. The molecule has 0 saturated heterocycles. The molecule has 0 bridgehead atoms. The van der Waals surface area contributed by atoms with Crippen molar-refractivity contribution in [3.05, 3.63) is 216 Å². The zero-order valence-electron chi connectivity index (χ0n) is 38.3. The van der Waals surface area contributed by atoms with E-state index in [0.29, 0.717) is 33.6 Å². The number of fused-ring (bicyclic) bond motifs is 2. The van der Waals surface area contributed by atoms with Gasteiger partial charge in [0.25, 0.3) is 11.8 Å². The van der Waals surface area contributed by atoms with Crippen LogP contribution >= 0.6 is 0 Å². The van der Waals surface area contributed by atoms with Crippen LogP contribution in [0.3, 0.4) is 0 Å². The molecule has 8 heteroatoms. The van der Waals surface area contributed by atoms with E-state index in [4.69, 9.17) is 0 Å². The number of benzene rings is 9. The average Bonchev–Trinajstić information content (AvgIpc) is 3.36. The molecule has 8 nitrogen and oxygen atoms in total. The van der Waals surface area contributed by atoms with Crippen LogP contribution in [-0.2, 0) is 9.59 Å². The van der Waals surface area contributed by atoms with E-state index >= 15 is 0 Å². The molecule has 0 heterocycles. The van der Waals surface area contributed by atoms with Gasteiger partial charge in [-0.25, -0.2) is 0 Å². The molecular weight excluding hydrogens is 853 g/mol. The molecule has 9 aromatic carbocycles. The van der Waals surface area contributed by atoms with Gasteiger partial charge in [-0.05, 0) is 104 Å². The van der Waals surface area contributed by atoms with Crippen LogP contribution in [0.1, 0.15) is 79.0 Å². The lowest BCUT2D eigenvalue weighted by molar-refractivity contribution is -0.115. The Morgan fingerprint density at radius 2 is 0.696 bits per heavy atom. The van der Waals surface area contributed by atoms with Crippen molar-refractivity contribution >= 4 is 56.5 Å². The van der Waals surface area contributed by atoms with Crippen LogP contribution < -0.4 is 21.3 Å². The van der Waals surface area contributed by atoms with Gasteiger partial charge in [-0.2, -0.15) is 0 Å². The molecule has 69 heavy (non-hydrogen) atoms. The maximum absolute atomic E-state index is 13.4. The summed E-state index contributed by atoms with van der Waals surface area (Å²) >= 11 is 0. The van der Waals surface area contributed by atoms with E-state index in [1.807, 2.05) is 172 Å². The molecule has 0 radical (unpaired) electrons. The molecule has 1 unspecified atom stereocenters. The Morgan fingerprint density at radius 3 is 1.03 bits per heavy atom. The number of hydrogen-bond acceptors (Lipinski definition) is 4. The molecule has 0 spiro atoms. The van der Waals surface area contributed by atoms with Gasteiger partial charge in [0.05, 0.1) is 23.5 Å². The molecule has 2 atom stereocenters. The third-order valence-electron chi connectivity index (χ3n) is 12.4. The topological polar surface area (TPSA) is 116 Å². The average molecular weight is 907 g/mol. The van der Waals surface area contributed by atoms with Crippen molar-refractivity contribution in [1.82, 2.24) is 10.6 Å². The Bertz CT molecular complexity index is 3110. The number of carbonyl (C=O) groups excluding carboxylic acids is 4. The maximum Gasteiger partial charge on any atom is 0.251 e. The minimum atomic E-state index is -0.299. The van der Waals surface area contributed by atoms with Crippen LogP contribution in [0.5, 0.6) is 0 Å². The predicted molar refractivity (Wildman–Crippen MR) is 283 cm³/mol. The molecule has 4 amide bonds. The molecule has 0 aliphatic carbocycles. The highest BCUT2D eigenvalue weighted by Crippen LogP contribution is 2.47.